The number of hydrogen-bond donors (Lipinski definition) is 0. The standard InChI is InChI=1S/C15H14FN3O/c1-2-19-13-7-4-3-6-11(13)12(18-19)10-20-14-8-5-9-17-15(14)16/h3-9H,2,10H2,1H3. The SMILES string of the molecule is CCn1nc(COc2cccnc2F)c2ccccc21. The van der Waals surface area contributed by atoms with E-state index in [0.717, 1.165) is 23.1 Å². The molecule has 0 fully saturated rings. The molecule has 0 unspecified atom stereocenters. The van der Waals surface area contributed by atoms with Crippen LogP contribution >= 0.6 is 0 Å². The summed E-state index contributed by atoms with van der Waals surface area (Å²) in [5.41, 5.74) is 1.85. The van der Waals surface area contributed by atoms with E-state index in [9.17, 15) is 4.39 Å². The first kappa shape index (κ1) is 12.6. The number of pyridine rings is 1. The summed E-state index contributed by atoms with van der Waals surface area (Å²) in [4.78, 5) is 3.56. The van der Waals surface area contributed by atoms with Gasteiger partial charge in [-0.3, -0.25) is 4.68 Å². The Balaban J connectivity index is 1.90. The number of ether oxygens (including phenoxy) is 1. The van der Waals surface area contributed by atoms with Crippen molar-refractivity contribution in [3.05, 3.63) is 54.2 Å². The molecule has 20 heavy (non-hydrogen) atoms. The fourth-order valence-electron chi connectivity index (χ4n) is 2.17. The van der Waals surface area contributed by atoms with Gasteiger partial charge in [0.05, 0.1) is 5.52 Å². The summed E-state index contributed by atoms with van der Waals surface area (Å²) in [5.74, 6) is -0.464. The van der Waals surface area contributed by atoms with E-state index in [4.69, 9.17) is 4.74 Å². The first-order valence-corrected chi connectivity index (χ1v) is 6.47. The lowest BCUT2D eigenvalue weighted by Crippen LogP contribution is -2.01. The van der Waals surface area contributed by atoms with Crippen LogP contribution in [0.25, 0.3) is 10.9 Å². The van der Waals surface area contributed by atoms with E-state index in [1.807, 2.05) is 35.9 Å². The molecule has 4 nitrogen and oxygen atoms in total. The van der Waals surface area contributed by atoms with Crippen LogP contribution in [0.15, 0.2) is 42.6 Å². The van der Waals surface area contributed by atoms with Gasteiger partial charge in [0.15, 0.2) is 5.75 Å². The van der Waals surface area contributed by atoms with Crippen molar-refractivity contribution in [2.24, 2.45) is 0 Å². The van der Waals surface area contributed by atoms with Gasteiger partial charge in [0.2, 0.25) is 0 Å². The van der Waals surface area contributed by atoms with Crippen molar-refractivity contribution >= 4 is 10.9 Å². The first-order chi connectivity index (χ1) is 9.79. The van der Waals surface area contributed by atoms with Gasteiger partial charge in [-0.05, 0) is 25.1 Å². The van der Waals surface area contributed by atoms with Crippen molar-refractivity contribution in [3.8, 4) is 5.75 Å². The van der Waals surface area contributed by atoms with Gasteiger partial charge in [0.1, 0.15) is 12.3 Å². The van der Waals surface area contributed by atoms with Gasteiger partial charge in [-0.2, -0.15) is 9.49 Å². The molecule has 5 heteroatoms. The minimum atomic E-state index is -0.605. The zero-order chi connectivity index (χ0) is 13.9. The normalized spacial score (nSPS) is 10.9. The Morgan fingerprint density at radius 3 is 2.85 bits per heavy atom. The number of para-hydroxylation sites is 1. The lowest BCUT2D eigenvalue weighted by Gasteiger charge is -2.04. The van der Waals surface area contributed by atoms with Crippen LogP contribution in [0.4, 0.5) is 4.39 Å². The summed E-state index contributed by atoms with van der Waals surface area (Å²) < 4.78 is 20.8. The van der Waals surface area contributed by atoms with Crippen LogP contribution in [0.1, 0.15) is 12.6 Å². The third kappa shape index (κ3) is 2.22. The van der Waals surface area contributed by atoms with E-state index in [0.29, 0.717) is 0 Å². The quantitative estimate of drug-likeness (QED) is 0.684. The molecular formula is C15H14FN3O. The average Bonchev–Trinajstić information content (AvgIpc) is 2.85. The van der Waals surface area contributed by atoms with Crippen LogP contribution in [0.5, 0.6) is 5.75 Å². The molecule has 0 aliphatic heterocycles. The van der Waals surface area contributed by atoms with Crippen LogP contribution in [0, 0.1) is 5.95 Å². The van der Waals surface area contributed by atoms with E-state index < -0.39 is 5.95 Å². The third-order valence-electron chi connectivity index (χ3n) is 3.12. The molecule has 2 heterocycles. The highest BCUT2D eigenvalue weighted by Gasteiger charge is 2.11. The molecule has 0 aliphatic carbocycles. The molecule has 0 saturated heterocycles. The number of benzene rings is 1. The van der Waals surface area contributed by atoms with Crippen molar-refractivity contribution in [2.75, 3.05) is 0 Å². The van der Waals surface area contributed by atoms with Crippen LogP contribution in [0.3, 0.4) is 0 Å². The Hall–Kier alpha value is -2.43. The second-order valence-electron chi connectivity index (χ2n) is 4.36. The summed E-state index contributed by atoms with van der Waals surface area (Å²) in [6.45, 7) is 3.03. The maximum atomic E-state index is 13.4. The monoisotopic (exact) mass is 271 g/mol. The molecule has 102 valence electrons. The first-order valence-electron chi connectivity index (χ1n) is 6.47. The molecule has 0 spiro atoms. The lowest BCUT2D eigenvalue weighted by molar-refractivity contribution is 0.281. The fraction of sp³-hybridized carbons (Fsp3) is 0.200. The van der Waals surface area contributed by atoms with Gasteiger partial charge in [-0.15, -0.1) is 0 Å². The number of fused-ring (bicyclic) bond motifs is 1. The molecule has 0 bridgehead atoms. The Morgan fingerprint density at radius 2 is 2.05 bits per heavy atom. The molecule has 0 aliphatic rings. The summed E-state index contributed by atoms with van der Waals surface area (Å²) in [5, 5.41) is 5.53. The summed E-state index contributed by atoms with van der Waals surface area (Å²) in [6.07, 6.45) is 1.39. The molecule has 3 aromatic rings. The Bertz CT molecular complexity index is 739. The Kier molecular flexibility index (Phi) is 3.33. The van der Waals surface area contributed by atoms with Gasteiger partial charge in [0.25, 0.3) is 5.95 Å². The second-order valence-corrected chi connectivity index (χ2v) is 4.36. The largest absolute Gasteiger partial charge is 0.482 e. The third-order valence-corrected chi connectivity index (χ3v) is 3.12. The van der Waals surface area contributed by atoms with Gasteiger partial charge >= 0.3 is 0 Å². The predicted molar refractivity (Wildman–Crippen MR) is 73.9 cm³/mol. The number of halogens is 1. The van der Waals surface area contributed by atoms with E-state index in [1.54, 1.807) is 12.1 Å². The average molecular weight is 271 g/mol. The molecular weight excluding hydrogens is 257 g/mol. The zero-order valence-corrected chi connectivity index (χ0v) is 11.1. The molecule has 0 radical (unpaired) electrons. The molecule has 0 N–H and O–H groups in total. The van der Waals surface area contributed by atoms with Crippen LogP contribution in [-0.4, -0.2) is 14.8 Å². The fourth-order valence-corrected chi connectivity index (χ4v) is 2.17. The second kappa shape index (κ2) is 5.28. The summed E-state index contributed by atoms with van der Waals surface area (Å²) >= 11 is 0. The Labute approximate surface area is 115 Å². The number of nitrogens with zero attached hydrogens (tertiary/aromatic N) is 3. The molecule has 2 aromatic heterocycles. The maximum Gasteiger partial charge on any atom is 0.255 e. The van der Waals surface area contributed by atoms with Crippen molar-refractivity contribution in [1.29, 1.82) is 0 Å². The van der Waals surface area contributed by atoms with Crippen molar-refractivity contribution in [3.63, 3.8) is 0 Å². The van der Waals surface area contributed by atoms with Gasteiger partial charge in [0, 0.05) is 18.1 Å². The molecule has 0 atom stereocenters. The van der Waals surface area contributed by atoms with Crippen molar-refractivity contribution in [2.45, 2.75) is 20.1 Å². The smallest absolute Gasteiger partial charge is 0.255 e. The lowest BCUT2D eigenvalue weighted by atomic mass is 10.2. The molecule has 0 amide bonds. The molecule has 0 saturated carbocycles. The van der Waals surface area contributed by atoms with Crippen molar-refractivity contribution in [1.82, 2.24) is 14.8 Å². The number of aromatic nitrogens is 3. The van der Waals surface area contributed by atoms with Crippen LogP contribution in [0.2, 0.25) is 0 Å². The number of hydrogen-bond acceptors (Lipinski definition) is 3. The van der Waals surface area contributed by atoms with Gasteiger partial charge in [-0.1, -0.05) is 18.2 Å². The number of aryl methyl sites for hydroxylation is 1. The van der Waals surface area contributed by atoms with Gasteiger partial charge < -0.3 is 4.74 Å². The van der Waals surface area contributed by atoms with E-state index in [2.05, 4.69) is 10.1 Å². The minimum Gasteiger partial charge on any atom is -0.482 e. The summed E-state index contributed by atoms with van der Waals surface area (Å²) in [7, 11) is 0. The topological polar surface area (TPSA) is 39.9 Å². The van der Waals surface area contributed by atoms with E-state index >= 15 is 0 Å². The maximum absolute atomic E-state index is 13.4. The summed E-state index contributed by atoms with van der Waals surface area (Å²) in [6, 6.07) is 11.1. The van der Waals surface area contributed by atoms with E-state index in [1.165, 1.54) is 6.20 Å². The van der Waals surface area contributed by atoms with Crippen LogP contribution in [-0.2, 0) is 13.2 Å². The zero-order valence-electron chi connectivity index (χ0n) is 11.1. The minimum absolute atomic E-state index is 0.141. The van der Waals surface area contributed by atoms with E-state index in [-0.39, 0.29) is 12.4 Å². The van der Waals surface area contributed by atoms with Crippen molar-refractivity contribution < 1.29 is 9.13 Å². The number of rotatable bonds is 4. The molecule has 1 aromatic carbocycles. The predicted octanol–water partition coefficient (Wildman–Crippen LogP) is 3.17. The highest BCUT2D eigenvalue weighted by Crippen LogP contribution is 2.21. The highest BCUT2D eigenvalue weighted by atomic mass is 19.1. The van der Waals surface area contributed by atoms with Crippen LogP contribution < -0.4 is 4.74 Å². The Morgan fingerprint density at radius 1 is 1.20 bits per heavy atom. The molecule has 3 rings (SSSR count). The van der Waals surface area contributed by atoms with Gasteiger partial charge in [-0.25, -0.2) is 4.98 Å². The highest BCUT2D eigenvalue weighted by molar-refractivity contribution is 5.81.